The Morgan fingerprint density at radius 2 is 2.00 bits per heavy atom. The Morgan fingerprint density at radius 1 is 1.17 bits per heavy atom. The van der Waals surface area contributed by atoms with Crippen molar-refractivity contribution >= 4 is 38.9 Å². The zero-order chi connectivity index (χ0) is 21.1. The van der Waals surface area contributed by atoms with Gasteiger partial charge in [0.1, 0.15) is 10.8 Å². The first-order valence-corrected chi connectivity index (χ1v) is 11.2. The van der Waals surface area contributed by atoms with Crippen LogP contribution in [0.5, 0.6) is 0 Å². The Bertz CT molecular complexity index is 1180. The summed E-state index contributed by atoms with van der Waals surface area (Å²) in [6, 6.07) is 15.5. The van der Waals surface area contributed by atoms with Crippen LogP contribution in [0.25, 0.3) is 22.0 Å². The van der Waals surface area contributed by atoms with Crippen LogP contribution in [0.4, 0.5) is 5.69 Å². The van der Waals surface area contributed by atoms with E-state index in [1.807, 2.05) is 67.8 Å². The van der Waals surface area contributed by atoms with Crippen molar-refractivity contribution in [2.75, 3.05) is 5.32 Å². The minimum atomic E-state index is -0.131. The number of carbonyl (C=O) groups is 1. The first-order valence-electron chi connectivity index (χ1n) is 9.51. The van der Waals surface area contributed by atoms with Crippen LogP contribution in [0.15, 0.2) is 58.4 Å². The number of amides is 1. The van der Waals surface area contributed by atoms with E-state index < -0.39 is 0 Å². The van der Waals surface area contributed by atoms with E-state index in [0.717, 1.165) is 32.1 Å². The van der Waals surface area contributed by atoms with E-state index in [0.29, 0.717) is 11.5 Å². The van der Waals surface area contributed by atoms with Crippen LogP contribution < -0.4 is 5.32 Å². The van der Waals surface area contributed by atoms with Gasteiger partial charge in [-0.3, -0.25) is 9.89 Å². The van der Waals surface area contributed by atoms with Crippen molar-refractivity contribution < 1.29 is 4.79 Å². The van der Waals surface area contributed by atoms with E-state index >= 15 is 0 Å². The van der Waals surface area contributed by atoms with Crippen LogP contribution in [-0.4, -0.2) is 26.1 Å². The van der Waals surface area contributed by atoms with Crippen LogP contribution in [-0.2, 0) is 11.2 Å². The molecule has 4 rings (SSSR count). The summed E-state index contributed by atoms with van der Waals surface area (Å²) in [5, 5.41) is 13.1. The second-order valence-corrected chi connectivity index (χ2v) is 8.90. The van der Waals surface area contributed by atoms with E-state index in [4.69, 9.17) is 0 Å². The Hall–Kier alpha value is -2.84. The van der Waals surface area contributed by atoms with Gasteiger partial charge in [-0.25, -0.2) is 9.97 Å². The molecule has 0 aliphatic rings. The lowest BCUT2D eigenvalue weighted by atomic mass is 10.1. The first kappa shape index (κ1) is 20.4. The minimum Gasteiger partial charge on any atom is -0.325 e. The molecule has 0 fully saturated rings. The molecule has 0 unspecified atom stereocenters. The molecule has 6 nitrogen and oxygen atoms in total. The zero-order valence-electron chi connectivity index (χ0n) is 16.5. The number of nitrogens with zero attached hydrogens (tertiary/aromatic N) is 3. The van der Waals surface area contributed by atoms with Crippen LogP contribution in [0, 0.1) is 0 Å². The van der Waals surface area contributed by atoms with Gasteiger partial charge in [0, 0.05) is 26.9 Å². The van der Waals surface area contributed by atoms with Gasteiger partial charge in [0.05, 0.1) is 17.8 Å². The molecule has 4 aromatic rings. The van der Waals surface area contributed by atoms with Gasteiger partial charge in [-0.15, -0.1) is 11.3 Å². The monoisotopic (exact) mass is 481 g/mol. The second kappa shape index (κ2) is 8.89. The van der Waals surface area contributed by atoms with Gasteiger partial charge in [-0.2, -0.15) is 5.10 Å². The lowest BCUT2D eigenvalue weighted by Crippen LogP contribution is -2.15. The molecule has 0 aliphatic carbocycles. The van der Waals surface area contributed by atoms with E-state index in [-0.39, 0.29) is 18.2 Å². The normalized spacial score (nSPS) is 11.1. The van der Waals surface area contributed by atoms with Crippen LogP contribution in [0.3, 0.4) is 0 Å². The number of thiazole rings is 1. The van der Waals surface area contributed by atoms with Crippen molar-refractivity contribution in [3.63, 3.8) is 0 Å². The highest BCUT2D eigenvalue weighted by Crippen LogP contribution is 2.28. The molecule has 0 radical (unpaired) electrons. The quantitative estimate of drug-likeness (QED) is 0.371. The van der Waals surface area contributed by atoms with Crippen molar-refractivity contribution in [2.45, 2.75) is 26.2 Å². The summed E-state index contributed by atoms with van der Waals surface area (Å²) in [6.45, 7) is 4.10. The van der Waals surface area contributed by atoms with Crippen molar-refractivity contribution in [1.29, 1.82) is 0 Å². The second-order valence-electron chi connectivity index (χ2n) is 7.12. The molecule has 152 valence electrons. The summed E-state index contributed by atoms with van der Waals surface area (Å²) in [5.41, 5.74) is 3.23. The predicted molar refractivity (Wildman–Crippen MR) is 123 cm³/mol. The number of anilines is 1. The zero-order valence-corrected chi connectivity index (χ0v) is 18.9. The van der Waals surface area contributed by atoms with Gasteiger partial charge >= 0.3 is 0 Å². The molecule has 0 spiro atoms. The molecule has 2 aromatic carbocycles. The highest BCUT2D eigenvalue weighted by Gasteiger charge is 2.15. The third-order valence-corrected chi connectivity index (χ3v) is 5.89. The van der Waals surface area contributed by atoms with Gasteiger partial charge in [0.25, 0.3) is 0 Å². The van der Waals surface area contributed by atoms with Crippen LogP contribution in [0.2, 0.25) is 0 Å². The maximum atomic E-state index is 12.7. The van der Waals surface area contributed by atoms with E-state index in [2.05, 4.69) is 41.4 Å². The van der Waals surface area contributed by atoms with Crippen molar-refractivity contribution in [1.82, 2.24) is 20.2 Å². The Morgan fingerprint density at radius 3 is 2.77 bits per heavy atom. The van der Waals surface area contributed by atoms with Gasteiger partial charge in [0.15, 0.2) is 5.82 Å². The topological polar surface area (TPSA) is 83.6 Å². The molecule has 0 saturated carbocycles. The maximum absolute atomic E-state index is 12.7. The molecule has 0 atom stereocenters. The van der Waals surface area contributed by atoms with Gasteiger partial charge in [0.2, 0.25) is 5.91 Å². The maximum Gasteiger partial charge on any atom is 0.230 e. The van der Waals surface area contributed by atoms with Crippen LogP contribution in [0.1, 0.15) is 31.3 Å². The fraction of sp³-hybridized carbons (Fsp3) is 0.182. The number of H-pyrrole nitrogens is 1. The molecule has 1 amide bonds. The number of halogens is 1. The lowest BCUT2D eigenvalue weighted by molar-refractivity contribution is -0.115. The molecule has 2 aromatic heterocycles. The Labute approximate surface area is 186 Å². The number of benzene rings is 2. The number of carbonyl (C=O) groups excluding carboxylic acids is 1. The summed E-state index contributed by atoms with van der Waals surface area (Å²) in [6.07, 6.45) is 0.198. The van der Waals surface area contributed by atoms with Crippen LogP contribution >= 0.6 is 27.3 Å². The molecule has 0 bridgehead atoms. The number of nitrogens with one attached hydrogen (secondary N) is 2. The summed E-state index contributed by atoms with van der Waals surface area (Å²) in [5.74, 6) is 1.50. The standard InChI is InChI=1S/C22H20BrN5OS/c1-13(2)20-26-21(28-27-20)17-8-3-4-9-18(17)25-19(29)11-16-12-30-22(24-16)14-6-5-7-15(23)10-14/h3-10,12-13H,11H2,1-2H3,(H,25,29)(H,26,27,28). The molecular formula is C22H20BrN5OS. The molecule has 0 aliphatic heterocycles. The van der Waals surface area contributed by atoms with Crippen molar-refractivity contribution in [2.24, 2.45) is 0 Å². The number of rotatable bonds is 6. The number of para-hydroxylation sites is 1. The number of hydrogen-bond acceptors (Lipinski definition) is 5. The molecule has 0 saturated heterocycles. The molecule has 30 heavy (non-hydrogen) atoms. The average molecular weight is 482 g/mol. The summed E-state index contributed by atoms with van der Waals surface area (Å²) >= 11 is 5.01. The van der Waals surface area contributed by atoms with Gasteiger partial charge in [-0.1, -0.05) is 54.0 Å². The molecule has 2 heterocycles. The molecule has 2 N–H and O–H groups in total. The summed E-state index contributed by atoms with van der Waals surface area (Å²) in [7, 11) is 0. The van der Waals surface area contributed by atoms with Crippen molar-refractivity contribution in [3.8, 4) is 22.0 Å². The van der Waals surface area contributed by atoms with Gasteiger partial charge in [-0.05, 0) is 24.3 Å². The predicted octanol–water partition coefficient (Wildman–Crippen LogP) is 5.66. The third-order valence-electron chi connectivity index (χ3n) is 4.46. The SMILES string of the molecule is CC(C)c1nc(-c2ccccc2NC(=O)Cc2csc(-c3cccc(Br)c3)n2)n[nH]1. The Kier molecular flexibility index (Phi) is 6.06. The molecular weight excluding hydrogens is 462 g/mol. The van der Waals surface area contributed by atoms with Gasteiger partial charge < -0.3 is 5.32 Å². The number of hydrogen-bond donors (Lipinski definition) is 2. The minimum absolute atomic E-state index is 0.131. The highest BCUT2D eigenvalue weighted by molar-refractivity contribution is 9.10. The van der Waals surface area contributed by atoms with Crippen molar-refractivity contribution in [3.05, 3.63) is 69.9 Å². The smallest absolute Gasteiger partial charge is 0.230 e. The number of aromatic nitrogens is 4. The third kappa shape index (κ3) is 4.66. The first-order chi connectivity index (χ1) is 14.5. The lowest BCUT2D eigenvalue weighted by Gasteiger charge is -2.08. The highest BCUT2D eigenvalue weighted by atomic mass is 79.9. The average Bonchev–Trinajstić information content (AvgIpc) is 3.38. The largest absolute Gasteiger partial charge is 0.325 e. The summed E-state index contributed by atoms with van der Waals surface area (Å²) in [4.78, 5) is 21.8. The molecule has 8 heteroatoms. The number of aromatic amines is 1. The summed E-state index contributed by atoms with van der Waals surface area (Å²) < 4.78 is 0.999. The fourth-order valence-electron chi connectivity index (χ4n) is 2.94. The van der Waals surface area contributed by atoms with E-state index in [9.17, 15) is 4.79 Å². The Balaban J connectivity index is 1.49. The van der Waals surface area contributed by atoms with E-state index in [1.165, 1.54) is 11.3 Å². The van der Waals surface area contributed by atoms with E-state index in [1.54, 1.807) is 0 Å². The fourth-order valence-corrected chi connectivity index (χ4v) is 4.16.